The summed E-state index contributed by atoms with van der Waals surface area (Å²) < 4.78 is 42.3. The predicted molar refractivity (Wildman–Crippen MR) is 71.2 cm³/mol. The summed E-state index contributed by atoms with van der Waals surface area (Å²) in [7, 11) is 0. The number of rotatable bonds is 5. The maximum atomic E-state index is 12.2. The van der Waals surface area contributed by atoms with Crippen LogP contribution in [-0.2, 0) is 11.3 Å². The fourth-order valence-corrected chi connectivity index (χ4v) is 1.68. The Morgan fingerprint density at radius 3 is 2.82 bits per heavy atom. The Labute approximate surface area is 123 Å². The van der Waals surface area contributed by atoms with E-state index in [0.717, 1.165) is 4.68 Å². The summed E-state index contributed by atoms with van der Waals surface area (Å²) in [5.74, 6) is -0.219. The number of carbonyl (C=O) groups excluding carboxylic acids is 1. The van der Waals surface area contributed by atoms with Crippen LogP contribution in [0.2, 0.25) is 0 Å². The van der Waals surface area contributed by atoms with E-state index in [1.807, 2.05) is 0 Å². The van der Waals surface area contributed by atoms with E-state index in [2.05, 4.69) is 20.9 Å². The summed E-state index contributed by atoms with van der Waals surface area (Å²) in [4.78, 5) is 11.9. The van der Waals surface area contributed by atoms with Gasteiger partial charge in [-0.25, -0.2) is 0 Å². The number of amides is 1. The molecule has 7 nitrogen and oxygen atoms in total. The van der Waals surface area contributed by atoms with Crippen LogP contribution in [0.3, 0.4) is 0 Å². The third kappa shape index (κ3) is 4.50. The van der Waals surface area contributed by atoms with Crippen molar-refractivity contribution in [1.29, 1.82) is 0 Å². The molecule has 2 heterocycles. The lowest BCUT2D eigenvalue weighted by Gasteiger charge is -2.12. The van der Waals surface area contributed by atoms with Gasteiger partial charge >= 0.3 is 6.18 Å². The van der Waals surface area contributed by atoms with Gasteiger partial charge in [0.05, 0.1) is 17.6 Å². The summed E-state index contributed by atoms with van der Waals surface area (Å²) >= 11 is 0. The smallest absolute Gasteiger partial charge is 0.371 e. The van der Waals surface area contributed by atoms with Crippen molar-refractivity contribution in [2.75, 3.05) is 10.6 Å². The zero-order valence-electron chi connectivity index (χ0n) is 11.8. The second-order valence-corrected chi connectivity index (χ2v) is 4.73. The third-order valence-corrected chi connectivity index (χ3v) is 2.63. The van der Waals surface area contributed by atoms with Gasteiger partial charge in [0.15, 0.2) is 0 Å². The zero-order chi connectivity index (χ0) is 16.3. The summed E-state index contributed by atoms with van der Waals surface area (Å²) in [6.45, 7) is 2.07. The van der Waals surface area contributed by atoms with Gasteiger partial charge in [-0.3, -0.25) is 14.8 Å². The Kier molecular flexibility index (Phi) is 4.38. The molecule has 0 aliphatic heterocycles. The quantitative estimate of drug-likeness (QED) is 0.883. The number of anilines is 2. The van der Waals surface area contributed by atoms with Gasteiger partial charge in [0.25, 0.3) is 0 Å². The van der Waals surface area contributed by atoms with Crippen LogP contribution in [0.5, 0.6) is 0 Å². The maximum Gasteiger partial charge on any atom is 0.408 e. The number of aryl methyl sites for hydroxylation is 1. The number of aromatic nitrogens is 3. The van der Waals surface area contributed by atoms with Crippen LogP contribution in [0.1, 0.15) is 12.6 Å². The van der Waals surface area contributed by atoms with Crippen LogP contribution < -0.4 is 10.6 Å². The summed E-state index contributed by atoms with van der Waals surface area (Å²) in [6.07, 6.45) is -1.96. The van der Waals surface area contributed by atoms with Crippen LogP contribution >= 0.6 is 0 Å². The van der Waals surface area contributed by atoms with Crippen molar-refractivity contribution in [1.82, 2.24) is 14.9 Å². The van der Waals surface area contributed by atoms with Gasteiger partial charge in [-0.15, -0.1) is 0 Å². The Morgan fingerprint density at radius 1 is 1.50 bits per heavy atom. The highest BCUT2D eigenvalue weighted by molar-refractivity contribution is 5.95. The Hall–Kier alpha value is -2.52. The van der Waals surface area contributed by atoms with Crippen LogP contribution in [0.4, 0.5) is 24.7 Å². The fraction of sp³-hybridized carbons (Fsp3) is 0.417. The molecule has 1 atom stereocenters. The average Bonchev–Trinajstić information content (AvgIpc) is 2.97. The number of halogens is 3. The topological polar surface area (TPSA) is 85.0 Å². The number of nitrogens with zero attached hydrogens (tertiary/aromatic N) is 3. The SMILES string of the molecule is Cc1cc(NC(=O)C(C)Nc2cnn(CC(F)(F)F)c2)on1. The molecule has 0 aliphatic rings. The molecule has 0 saturated heterocycles. The number of alkyl halides is 3. The Bertz CT molecular complexity index is 649. The summed E-state index contributed by atoms with van der Waals surface area (Å²) in [5, 5.41) is 12.4. The fourth-order valence-electron chi connectivity index (χ4n) is 1.68. The second kappa shape index (κ2) is 6.08. The van der Waals surface area contributed by atoms with Gasteiger partial charge in [0.2, 0.25) is 11.8 Å². The van der Waals surface area contributed by atoms with E-state index in [9.17, 15) is 18.0 Å². The normalized spacial score (nSPS) is 13.0. The third-order valence-electron chi connectivity index (χ3n) is 2.63. The minimum atomic E-state index is -4.35. The van der Waals surface area contributed by atoms with E-state index < -0.39 is 24.7 Å². The molecule has 10 heteroatoms. The highest BCUT2D eigenvalue weighted by Gasteiger charge is 2.28. The Balaban J connectivity index is 1.91. The molecule has 1 amide bonds. The first kappa shape index (κ1) is 15.9. The molecule has 0 spiro atoms. The molecule has 0 bridgehead atoms. The van der Waals surface area contributed by atoms with Gasteiger partial charge in [0.1, 0.15) is 12.6 Å². The molecule has 120 valence electrons. The van der Waals surface area contributed by atoms with Gasteiger partial charge in [-0.1, -0.05) is 5.16 Å². The molecular formula is C12H14F3N5O2. The van der Waals surface area contributed by atoms with Crippen molar-refractivity contribution < 1.29 is 22.5 Å². The molecule has 0 radical (unpaired) electrons. The van der Waals surface area contributed by atoms with Gasteiger partial charge < -0.3 is 9.84 Å². The monoisotopic (exact) mass is 317 g/mol. The minimum absolute atomic E-state index is 0.198. The highest BCUT2D eigenvalue weighted by atomic mass is 19.4. The van der Waals surface area contributed by atoms with Gasteiger partial charge in [-0.05, 0) is 13.8 Å². The van der Waals surface area contributed by atoms with Gasteiger partial charge in [0, 0.05) is 12.3 Å². The number of hydrogen-bond donors (Lipinski definition) is 2. The lowest BCUT2D eigenvalue weighted by molar-refractivity contribution is -0.142. The maximum absolute atomic E-state index is 12.2. The lowest BCUT2D eigenvalue weighted by atomic mass is 10.3. The first-order chi connectivity index (χ1) is 10.2. The van der Waals surface area contributed by atoms with Crippen LogP contribution in [0, 0.1) is 6.92 Å². The van der Waals surface area contributed by atoms with E-state index in [1.54, 1.807) is 19.9 Å². The van der Waals surface area contributed by atoms with Crippen molar-refractivity contribution in [2.45, 2.75) is 32.6 Å². The van der Waals surface area contributed by atoms with Gasteiger partial charge in [-0.2, -0.15) is 18.3 Å². The van der Waals surface area contributed by atoms with Crippen molar-refractivity contribution in [3.05, 3.63) is 24.2 Å². The van der Waals surface area contributed by atoms with E-state index >= 15 is 0 Å². The zero-order valence-corrected chi connectivity index (χ0v) is 11.8. The molecule has 2 aromatic heterocycles. The van der Waals surface area contributed by atoms with E-state index in [0.29, 0.717) is 11.4 Å². The van der Waals surface area contributed by atoms with Crippen molar-refractivity contribution in [2.24, 2.45) is 0 Å². The number of hydrogen-bond acceptors (Lipinski definition) is 5. The Morgan fingerprint density at radius 2 is 2.23 bits per heavy atom. The van der Waals surface area contributed by atoms with Crippen LogP contribution in [0.15, 0.2) is 23.0 Å². The first-order valence-electron chi connectivity index (χ1n) is 6.33. The molecule has 22 heavy (non-hydrogen) atoms. The molecule has 0 saturated carbocycles. The molecule has 0 aliphatic carbocycles. The highest BCUT2D eigenvalue weighted by Crippen LogP contribution is 2.18. The summed E-state index contributed by atoms with van der Waals surface area (Å²) in [5.41, 5.74) is 0.921. The standard InChI is InChI=1S/C12H14F3N5O2/c1-7-3-10(22-19-7)18-11(21)8(2)17-9-4-16-20(5-9)6-12(13,14)15/h3-5,8,17H,6H2,1-2H3,(H,18,21). The second-order valence-electron chi connectivity index (χ2n) is 4.73. The minimum Gasteiger partial charge on any atom is -0.371 e. The van der Waals surface area contributed by atoms with Crippen molar-refractivity contribution in [3.63, 3.8) is 0 Å². The molecule has 2 N–H and O–H groups in total. The van der Waals surface area contributed by atoms with Crippen LogP contribution in [0.25, 0.3) is 0 Å². The van der Waals surface area contributed by atoms with E-state index in [1.165, 1.54) is 12.4 Å². The number of carbonyl (C=O) groups is 1. The average molecular weight is 317 g/mol. The van der Waals surface area contributed by atoms with Crippen molar-refractivity contribution in [3.8, 4) is 0 Å². The van der Waals surface area contributed by atoms with E-state index in [-0.39, 0.29) is 5.88 Å². The molecule has 0 aromatic carbocycles. The van der Waals surface area contributed by atoms with E-state index in [4.69, 9.17) is 4.52 Å². The first-order valence-corrected chi connectivity index (χ1v) is 6.33. The molecule has 0 fully saturated rings. The molecule has 2 rings (SSSR count). The predicted octanol–water partition coefficient (Wildman–Crippen LogP) is 2.18. The largest absolute Gasteiger partial charge is 0.408 e. The molecular weight excluding hydrogens is 303 g/mol. The molecule has 1 unspecified atom stereocenters. The van der Waals surface area contributed by atoms with Crippen LogP contribution in [-0.4, -0.2) is 33.1 Å². The lowest BCUT2D eigenvalue weighted by Crippen LogP contribution is -2.31. The van der Waals surface area contributed by atoms with Crippen molar-refractivity contribution >= 4 is 17.5 Å². The number of nitrogens with one attached hydrogen (secondary N) is 2. The molecule has 2 aromatic rings. The summed E-state index contributed by atoms with van der Waals surface area (Å²) in [6, 6.07) is 0.848.